The van der Waals surface area contributed by atoms with Crippen molar-refractivity contribution in [1.82, 2.24) is 10.6 Å². The van der Waals surface area contributed by atoms with Gasteiger partial charge in [-0.2, -0.15) is 0 Å². The summed E-state index contributed by atoms with van der Waals surface area (Å²) in [6.45, 7) is 4.26. The quantitative estimate of drug-likeness (QED) is 0.323. The van der Waals surface area contributed by atoms with Gasteiger partial charge in [0.2, 0.25) is 5.91 Å². The van der Waals surface area contributed by atoms with E-state index in [1.165, 1.54) is 6.26 Å². The van der Waals surface area contributed by atoms with Crippen molar-refractivity contribution in [3.63, 3.8) is 0 Å². The Morgan fingerprint density at radius 2 is 2.07 bits per heavy atom. The molecule has 0 radical (unpaired) electrons. The Morgan fingerprint density at radius 1 is 1.30 bits per heavy atom. The van der Waals surface area contributed by atoms with Crippen LogP contribution in [0.1, 0.15) is 24.8 Å². The van der Waals surface area contributed by atoms with Crippen LogP contribution in [0.25, 0.3) is 0 Å². The zero-order chi connectivity index (χ0) is 19.7. The summed E-state index contributed by atoms with van der Waals surface area (Å²) in [6.07, 6.45) is 1.60. The largest absolute Gasteiger partial charge is 0.379 e. The molecule has 3 N–H and O–H groups in total. The number of carbonyl (C=O) groups is 1. The number of anilines is 1. The van der Waals surface area contributed by atoms with Crippen molar-refractivity contribution >= 4 is 27.4 Å². The highest BCUT2D eigenvalue weighted by atomic mass is 32.2. The first-order valence-corrected chi connectivity index (χ1v) is 11.1. The molecule has 9 heteroatoms. The molecule has 0 aromatic heterocycles. The van der Waals surface area contributed by atoms with E-state index in [1.54, 1.807) is 0 Å². The fourth-order valence-corrected chi connectivity index (χ4v) is 3.18. The molecule has 0 saturated heterocycles. The van der Waals surface area contributed by atoms with E-state index >= 15 is 0 Å². The number of fused-ring (bicyclic) bond motifs is 1. The monoisotopic (exact) mass is 396 g/mol. The lowest BCUT2D eigenvalue weighted by molar-refractivity contribution is -0.116. The number of aliphatic imine (C=N–C) groups is 1. The molecule has 1 aliphatic heterocycles. The minimum Gasteiger partial charge on any atom is -0.379 e. The highest BCUT2D eigenvalue weighted by Gasteiger charge is 2.24. The van der Waals surface area contributed by atoms with Crippen LogP contribution in [0.15, 0.2) is 29.3 Å². The summed E-state index contributed by atoms with van der Waals surface area (Å²) in [7, 11) is -3.00. The summed E-state index contributed by atoms with van der Waals surface area (Å²) >= 11 is 0. The molecule has 0 fully saturated rings. The van der Waals surface area contributed by atoms with Crippen molar-refractivity contribution in [2.75, 3.05) is 50.2 Å². The third-order valence-corrected chi connectivity index (χ3v) is 4.97. The lowest BCUT2D eigenvalue weighted by atomic mass is 9.91. The van der Waals surface area contributed by atoms with Gasteiger partial charge in [0, 0.05) is 37.4 Å². The molecule has 0 saturated carbocycles. The van der Waals surface area contributed by atoms with Crippen LogP contribution in [-0.2, 0) is 19.4 Å². The van der Waals surface area contributed by atoms with E-state index in [0.717, 1.165) is 11.3 Å². The Labute approximate surface area is 160 Å². The lowest BCUT2D eigenvalue weighted by Gasteiger charge is -2.24. The number of hydrogen-bond donors (Lipinski definition) is 3. The van der Waals surface area contributed by atoms with Crippen LogP contribution < -0.4 is 16.0 Å². The van der Waals surface area contributed by atoms with E-state index in [0.29, 0.717) is 38.6 Å². The number of carbonyl (C=O) groups excluding carboxylic acids is 1. The number of para-hydroxylation sites is 1. The Kier molecular flexibility index (Phi) is 8.05. The second kappa shape index (κ2) is 10.3. The first kappa shape index (κ1) is 21.2. The molecule has 1 atom stereocenters. The zero-order valence-electron chi connectivity index (χ0n) is 15.8. The van der Waals surface area contributed by atoms with E-state index in [9.17, 15) is 13.2 Å². The first-order valence-electron chi connectivity index (χ1n) is 9.05. The number of rotatable bonds is 9. The number of guanidine groups is 1. The van der Waals surface area contributed by atoms with Gasteiger partial charge in [-0.15, -0.1) is 0 Å². The third-order valence-electron chi connectivity index (χ3n) is 4.06. The van der Waals surface area contributed by atoms with Crippen molar-refractivity contribution < 1.29 is 17.9 Å². The zero-order valence-corrected chi connectivity index (χ0v) is 16.6. The maximum absolute atomic E-state index is 11.9. The fourth-order valence-electron chi connectivity index (χ4n) is 2.76. The molecule has 2 rings (SSSR count). The third kappa shape index (κ3) is 7.56. The Morgan fingerprint density at radius 3 is 2.81 bits per heavy atom. The number of nitrogens with one attached hydrogen (secondary N) is 3. The Bertz CT molecular complexity index is 764. The maximum Gasteiger partial charge on any atom is 0.225 e. The molecule has 8 nitrogen and oxygen atoms in total. The predicted octanol–water partition coefficient (Wildman–Crippen LogP) is 0.729. The van der Waals surface area contributed by atoms with Crippen molar-refractivity contribution in [1.29, 1.82) is 0 Å². The topological polar surface area (TPSA) is 109 Å². The van der Waals surface area contributed by atoms with E-state index in [-0.39, 0.29) is 24.2 Å². The van der Waals surface area contributed by atoms with Crippen LogP contribution in [0.4, 0.5) is 5.69 Å². The minimum atomic E-state index is -3.00. The number of amides is 1. The molecule has 27 heavy (non-hydrogen) atoms. The van der Waals surface area contributed by atoms with E-state index in [4.69, 9.17) is 4.74 Å². The van der Waals surface area contributed by atoms with Gasteiger partial charge in [-0.1, -0.05) is 18.2 Å². The van der Waals surface area contributed by atoms with Crippen molar-refractivity contribution in [3.8, 4) is 0 Å². The average molecular weight is 397 g/mol. The highest BCUT2D eigenvalue weighted by Crippen LogP contribution is 2.31. The number of nitrogens with zero attached hydrogens (tertiary/aromatic N) is 1. The molecule has 0 bridgehead atoms. The fraction of sp³-hybridized carbons (Fsp3) is 0.556. The van der Waals surface area contributed by atoms with Crippen LogP contribution in [0.3, 0.4) is 0 Å². The average Bonchev–Trinajstić information content (AvgIpc) is 2.61. The van der Waals surface area contributed by atoms with Gasteiger partial charge in [-0.3, -0.25) is 9.79 Å². The summed E-state index contributed by atoms with van der Waals surface area (Å²) in [5.41, 5.74) is 1.95. The standard InChI is InChI=1S/C18H28N4O4S/c1-3-19-18(20-8-9-26-10-11-27(2,24)25)21-13-14-12-17(23)22-16-7-5-4-6-15(14)16/h4-7,14H,3,8-13H2,1-2H3,(H,22,23)(H2,19,20,21). The molecule has 0 aliphatic carbocycles. The molecule has 0 spiro atoms. The van der Waals surface area contributed by atoms with Crippen LogP contribution >= 0.6 is 0 Å². The molecule has 1 heterocycles. The van der Waals surface area contributed by atoms with Gasteiger partial charge in [-0.05, 0) is 18.6 Å². The van der Waals surface area contributed by atoms with E-state index < -0.39 is 9.84 Å². The molecule has 1 aromatic carbocycles. The maximum atomic E-state index is 11.9. The van der Waals surface area contributed by atoms with Crippen LogP contribution in [0.2, 0.25) is 0 Å². The summed E-state index contributed by atoms with van der Waals surface area (Å²) < 4.78 is 27.4. The number of hydrogen-bond acceptors (Lipinski definition) is 5. The molecular weight excluding hydrogens is 368 g/mol. The van der Waals surface area contributed by atoms with Crippen LogP contribution in [0.5, 0.6) is 0 Å². The molecular formula is C18H28N4O4S. The Balaban J connectivity index is 1.85. The Hall–Kier alpha value is -2.13. The summed E-state index contributed by atoms with van der Waals surface area (Å²) in [6, 6.07) is 7.79. The van der Waals surface area contributed by atoms with E-state index in [1.807, 2.05) is 31.2 Å². The van der Waals surface area contributed by atoms with Gasteiger partial charge in [-0.25, -0.2) is 8.42 Å². The summed E-state index contributed by atoms with van der Waals surface area (Å²) in [5.74, 6) is 0.708. The molecule has 1 unspecified atom stereocenters. The van der Waals surface area contributed by atoms with Gasteiger partial charge in [0.25, 0.3) is 0 Å². The van der Waals surface area contributed by atoms with Gasteiger partial charge < -0.3 is 20.7 Å². The second-order valence-corrected chi connectivity index (χ2v) is 8.68. The molecule has 150 valence electrons. The van der Waals surface area contributed by atoms with Crippen molar-refractivity contribution in [2.45, 2.75) is 19.3 Å². The van der Waals surface area contributed by atoms with Crippen LogP contribution in [0, 0.1) is 0 Å². The minimum absolute atomic E-state index is 0.00568. The van der Waals surface area contributed by atoms with Gasteiger partial charge in [0.05, 0.1) is 25.5 Å². The molecule has 1 aromatic rings. The number of ether oxygens (including phenoxy) is 1. The van der Waals surface area contributed by atoms with Gasteiger partial charge in [0.15, 0.2) is 5.96 Å². The lowest BCUT2D eigenvalue weighted by Crippen LogP contribution is -2.39. The van der Waals surface area contributed by atoms with Gasteiger partial charge >= 0.3 is 0 Å². The summed E-state index contributed by atoms with van der Waals surface area (Å²) in [5, 5.41) is 9.21. The second-order valence-electron chi connectivity index (χ2n) is 6.43. The number of sulfone groups is 1. The number of benzene rings is 1. The highest BCUT2D eigenvalue weighted by molar-refractivity contribution is 7.90. The summed E-state index contributed by atoms with van der Waals surface area (Å²) in [4.78, 5) is 16.5. The predicted molar refractivity (Wildman–Crippen MR) is 107 cm³/mol. The van der Waals surface area contributed by atoms with Crippen molar-refractivity contribution in [3.05, 3.63) is 29.8 Å². The van der Waals surface area contributed by atoms with Gasteiger partial charge in [0.1, 0.15) is 9.84 Å². The molecule has 1 amide bonds. The first-order chi connectivity index (χ1) is 12.9. The van der Waals surface area contributed by atoms with E-state index in [2.05, 4.69) is 20.9 Å². The smallest absolute Gasteiger partial charge is 0.225 e. The van der Waals surface area contributed by atoms with Crippen LogP contribution in [-0.4, -0.2) is 65.1 Å². The SMILES string of the molecule is CCNC(=NCC1CC(=O)Nc2ccccc21)NCCOCCS(C)(=O)=O. The van der Waals surface area contributed by atoms with Crippen molar-refractivity contribution in [2.24, 2.45) is 4.99 Å². The molecule has 1 aliphatic rings. The normalized spacial score (nSPS) is 17.2.